The van der Waals surface area contributed by atoms with Crippen molar-refractivity contribution in [3.63, 3.8) is 0 Å². The molecule has 1 N–H and O–H groups in total. The Balaban J connectivity index is 0. The van der Waals surface area contributed by atoms with Gasteiger partial charge in [0.15, 0.2) is 0 Å². The topological polar surface area (TPSA) is 98.3 Å². The molecule has 2 aromatic heterocycles. The maximum absolute atomic E-state index is 8.12. The van der Waals surface area contributed by atoms with Crippen molar-refractivity contribution in [2.75, 3.05) is 0 Å². The Morgan fingerprint density at radius 1 is 0.655 bits per heavy atom. The zero-order chi connectivity index (χ0) is 20.2. The van der Waals surface area contributed by atoms with E-state index in [1.165, 1.54) is 35.5 Å². The largest absolute Gasteiger partial charge is 1.00 e. The Hall–Kier alpha value is -1.92. The first-order valence-electron chi connectivity index (χ1n) is 7.85. The number of aryl methyl sites for hydroxylation is 3. The van der Waals surface area contributed by atoms with Crippen molar-refractivity contribution in [3.05, 3.63) is 69.9 Å². The first-order chi connectivity index (χ1) is 12.9. The molecular formula is C21H19NaO5S2. The van der Waals surface area contributed by atoms with E-state index in [1.807, 2.05) is 22.7 Å². The third kappa shape index (κ3) is 10.4. The Kier molecular flexibility index (Phi) is 16.1. The SMILES string of the molecule is Cc1cc2ccccc2s1.Cc1ccc2cc(C)sc2c1.O=C=O.O=C=O.[Na+].[OH-]. The van der Waals surface area contributed by atoms with Gasteiger partial charge in [-0.3, -0.25) is 0 Å². The maximum Gasteiger partial charge on any atom is 1.00 e. The Morgan fingerprint density at radius 2 is 1.10 bits per heavy atom. The van der Waals surface area contributed by atoms with E-state index >= 15 is 0 Å². The number of carbonyl (C=O) groups excluding carboxylic acids is 4. The number of hydrogen-bond donors (Lipinski definition) is 0. The molecule has 4 rings (SSSR count). The smallest absolute Gasteiger partial charge is 0.870 e. The molecule has 0 aliphatic heterocycles. The van der Waals surface area contributed by atoms with Crippen molar-refractivity contribution < 1.29 is 54.2 Å². The van der Waals surface area contributed by atoms with Crippen LogP contribution < -0.4 is 29.6 Å². The Labute approximate surface area is 199 Å². The van der Waals surface area contributed by atoms with Crippen LogP contribution in [-0.4, -0.2) is 17.8 Å². The van der Waals surface area contributed by atoms with E-state index in [4.69, 9.17) is 19.2 Å². The van der Waals surface area contributed by atoms with Crippen LogP contribution in [0.15, 0.2) is 54.6 Å². The van der Waals surface area contributed by atoms with Crippen molar-refractivity contribution in [2.45, 2.75) is 20.8 Å². The first kappa shape index (κ1) is 29.3. The van der Waals surface area contributed by atoms with Crippen molar-refractivity contribution in [1.82, 2.24) is 0 Å². The van der Waals surface area contributed by atoms with E-state index in [9.17, 15) is 0 Å². The van der Waals surface area contributed by atoms with Gasteiger partial charge in [0.05, 0.1) is 0 Å². The summed E-state index contributed by atoms with van der Waals surface area (Å²) in [5.74, 6) is 0. The fraction of sp³-hybridized carbons (Fsp3) is 0.143. The molecule has 29 heavy (non-hydrogen) atoms. The first-order valence-corrected chi connectivity index (χ1v) is 9.49. The molecule has 0 aliphatic rings. The summed E-state index contributed by atoms with van der Waals surface area (Å²) in [7, 11) is 0. The third-order valence-corrected chi connectivity index (χ3v) is 5.39. The molecule has 0 bridgehead atoms. The van der Waals surface area contributed by atoms with Gasteiger partial charge in [0.25, 0.3) is 0 Å². The van der Waals surface area contributed by atoms with E-state index in [0.29, 0.717) is 0 Å². The van der Waals surface area contributed by atoms with Gasteiger partial charge < -0.3 is 5.48 Å². The van der Waals surface area contributed by atoms with E-state index < -0.39 is 0 Å². The van der Waals surface area contributed by atoms with Gasteiger partial charge in [0.1, 0.15) is 0 Å². The molecule has 2 heterocycles. The summed E-state index contributed by atoms with van der Waals surface area (Å²) in [6, 6.07) is 19.5. The molecule has 0 saturated carbocycles. The fourth-order valence-electron chi connectivity index (χ4n) is 2.39. The summed E-state index contributed by atoms with van der Waals surface area (Å²) in [6.45, 7) is 6.43. The summed E-state index contributed by atoms with van der Waals surface area (Å²) < 4.78 is 2.79. The molecule has 0 spiro atoms. The summed E-state index contributed by atoms with van der Waals surface area (Å²) >= 11 is 3.72. The summed E-state index contributed by atoms with van der Waals surface area (Å²) in [4.78, 5) is 35.3. The van der Waals surface area contributed by atoms with Crippen molar-refractivity contribution in [1.29, 1.82) is 0 Å². The predicted octanol–water partition coefficient (Wildman–Crippen LogP) is 2.39. The average molecular weight is 439 g/mol. The van der Waals surface area contributed by atoms with Gasteiger partial charge in [-0.25, -0.2) is 0 Å². The van der Waals surface area contributed by atoms with Crippen LogP contribution in [0.1, 0.15) is 15.3 Å². The molecule has 5 nitrogen and oxygen atoms in total. The molecule has 146 valence electrons. The van der Waals surface area contributed by atoms with Gasteiger partial charge in [-0.2, -0.15) is 19.2 Å². The van der Waals surface area contributed by atoms with Crippen LogP contribution in [0.3, 0.4) is 0 Å². The van der Waals surface area contributed by atoms with Crippen LogP contribution in [0, 0.1) is 20.8 Å². The van der Waals surface area contributed by atoms with Gasteiger partial charge in [0, 0.05) is 19.2 Å². The van der Waals surface area contributed by atoms with E-state index in [1.54, 1.807) is 0 Å². The zero-order valence-electron chi connectivity index (χ0n) is 16.6. The molecule has 0 unspecified atom stereocenters. The standard InChI is InChI=1S/C10H10S.C9H8S.2CO2.Na.H2O/c1-7-3-4-9-6-8(2)11-10(9)5-7;1-7-6-8-4-2-3-5-9(8)10-7;2*2-1-3;;/h3-6H,1-2H3;2-6H,1H3;;;;1H2/q;;;;+1;/p-1. The minimum Gasteiger partial charge on any atom is -0.870 e. The molecule has 0 fully saturated rings. The average Bonchev–Trinajstić information content (AvgIpc) is 3.16. The van der Waals surface area contributed by atoms with Crippen LogP contribution in [0.5, 0.6) is 0 Å². The molecule has 2 aromatic carbocycles. The van der Waals surface area contributed by atoms with Crippen LogP contribution in [0.2, 0.25) is 0 Å². The Morgan fingerprint density at radius 3 is 1.62 bits per heavy atom. The van der Waals surface area contributed by atoms with Gasteiger partial charge in [-0.15, -0.1) is 22.7 Å². The van der Waals surface area contributed by atoms with Crippen LogP contribution >= 0.6 is 22.7 Å². The van der Waals surface area contributed by atoms with E-state index in [-0.39, 0.29) is 47.3 Å². The van der Waals surface area contributed by atoms with Crippen molar-refractivity contribution >= 4 is 55.1 Å². The maximum atomic E-state index is 8.12. The van der Waals surface area contributed by atoms with Crippen LogP contribution in [0.25, 0.3) is 20.2 Å². The molecule has 8 heteroatoms. The van der Waals surface area contributed by atoms with Crippen molar-refractivity contribution in [2.24, 2.45) is 0 Å². The number of hydrogen-bond acceptors (Lipinski definition) is 7. The monoisotopic (exact) mass is 438 g/mol. The predicted molar refractivity (Wildman–Crippen MR) is 110 cm³/mol. The number of thiophene rings is 2. The Bertz CT molecular complexity index is 1030. The molecule has 4 aromatic rings. The summed E-state index contributed by atoms with van der Waals surface area (Å²) in [6.07, 6.45) is 0.500. The second-order valence-corrected chi connectivity index (χ2v) is 8.04. The number of benzene rings is 2. The molecule has 0 saturated heterocycles. The van der Waals surface area contributed by atoms with Crippen LogP contribution in [0.4, 0.5) is 0 Å². The molecule has 0 radical (unpaired) electrons. The quantitative estimate of drug-likeness (QED) is 0.393. The normalized spacial score (nSPS) is 8.24. The minimum absolute atomic E-state index is 0. The second kappa shape index (κ2) is 15.9. The fourth-order valence-corrected chi connectivity index (χ4v) is 4.33. The summed E-state index contributed by atoms with van der Waals surface area (Å²) in [5, 5.41) is 2.74. The van der Waals surface area contributed by atoms with Gasteiger partial charge in [-0.1, -0.05) is 30.3 Å². The molecule has 0 aliphatic carbocycles. The molecule has 0 amide bonds. The number of fused-ring (bicyclic) bond motifs is 2. The zero-order valence-corrected chi connectivity index (χ0v) is 20.2. The van der Waals surface area contributed by atoms with Crippen LogP contribution in [-0.2, 0) is 19.2 Å². The van der Waals surface area contributed by atoms with Gasteiger partial charge in [0.2, 0.25) is 0 Å². The number of rotatable bonds is 0. The molecule has 0 atom stereocenters. The van der Waals surface area contributed by atoms with E-state index in [0.717, 1.165) is 0 Å². The minimum atomic E-state index is 0. The van der Waals surface area contributed by atoms with Gasteiger partial charge in [-0.05, 0) is 61.4 Å². The van der Waals surface area contributed by atoms with Crippen molar-refractivity contribution in [3.8, 4) is 0 Å². The second-order valence-electron chi connectivity index (χ2n) is 5.46. The van der Waals surface area contributed by atoms with E-state index in [2.05, 4.69) is 75.4 Å². The third-order valence-electron chi connectivity index (χ3n) is 3.35. The molecular weight excluding hydrogens is 419 g/mol. The summed E-state index contributed by atoms with van der Waals surface area (Å²) in [5.41, 5.74) is 1.35. The van der Waals surface area contributed by atoms with Gasteiger partial charge >= 0.3 is 41.9 Å².